The second kappa shape index (κ2) is 4.90. The molecule has 7 heteroatoms. The molecule has 0 spiro atoms. The molecule has 6 nitrogen and oxygen atoms in total. The molecule has 0 aromatic heterocycles. The molecule has 20 heavy (non-hydrogen) atoms. The van der Waals surface area contributed by atoms with Crippen LogP contribution in [0.25, 0.3) is 0 Å². The summed E-state index contributed by atoms with van der Waals surface area (Å²) in [6, 6.07) is 5.98. The SMILES string of the molecule is CCN(C=O)C1(C(=O)O)CCS(=O)(=O)c2ccccc21. The predicted octanol–water partition coefficient (Wildman–Crippen LogP) is 0.622. The van der Waals surface area contributed by atoms with Crippen LogP contribution >= 0.6 is 0 Å². The third-order valence-electron chi connectivity index (χ3n) is 3.71. The van der Waals surface area contributed by atoms with Gasteiger partial charge in [-0.3, -0.25) is 4.79 Å². The van der Waals surface area contributed by atoms with E-state index in [1.54, 1.807) is 19.1 Å². The molecule has 1 aliphatic heterocycles. The van der Waals surface area contributed by atoms with E-state index in [4.69, 9.17) is 0 Å². The number of hydrogen-bond donors (Lipinski definition) is 1. The Morgan fingerprint density at radius 1 is 1.45 bits per heavy atom. The zero-order valence-corrected chi connectivity index (χ0v) is 11.8. The maximum Gasteiger partial charge on any atom is 0.334 e. The van der Waals surface area contributed by atoms with Crippen LogP contribution in [-0.2, 0) is 25.0 Å². The lowest BCUT2D eigenvalue weighted by atomic mass is 9.85. The number of carbonyl (C=O) groups excluding carboxylic acids is 1. The molecule has 1 aromatic rings. The molecular weight excluding hydrogens is 282 g/mol. The standard InChI is InChI=1S/C13H15NO5S/c1-2-14(9-15)13(12(16)17)7-8-20(18,19)11-6-4-3-5-10(11)13/h3-6,9H,2,7-8H2,1H3,(H,16,17). The number of rotatable bonds is 4. The number of carboxylic acid groups (broad SMARTS) is 1. The van der Waals surface area contributed by atoms with Gasteiger partial charge >= 0.3 is 5.97 Å². The fraction of sp³-hybridized carbons (Fsp3) is 0.385. The Hall–Kier alpha value is -1.89. The number of benzene rings is 1. The molecule has 1 atom stereocenters. The van der Waals surface area contributed by atoms with E-state index in [1.165, 1.54) is 12.1 Å². The molecule has 1 heterocycles. The van der Waals surface area contributed by atoms with Gasteiger partial charge in [0.2, 0.25) is 6.41 Å². The quantitative estimate of drug-likeness (QED) is 0.823. The van der Waals surface area contributed by atoms with Crippen molar-refractivity contribution in [3.8, 4) is 0 Å². The summed E-state index contributed by atoms with van der Waals surface area (Å²) in [4.78, 5) is 24.2. The zero-order chi connectivity index (χ0) is 15.0. The topological polar surface area (TPSA) is 91.8 Å². The van der Waals surface area contributed by atoms with E-state index in [1.807, 2.05) is 0 Å². The van der Waals surface area contributed by atoms with Crippen LogP contribution in [-0.4, -0.2) is 43.1 Å². The summed E-state index contributed by atoms with van der Waals surface area (Å²) in [5, 5.41) is 9.64. The van der Waals surface area contributed by atoms with Crippen LogP contribution in [0, 0.1) is 0 Å². The van der Waals surface area contributed by atoms with E-state index in [0.717, 1.165) is 4.90 Å². The number of likely N-dealkylation sites (N-methyl/N-ethyl adjacent to an activating group) is 1. The van der Waals surface area contributed by atoms with Gasteiger partial charge in [0.05, 0.1) is 10.6 Å². The summed E-state index contributed by atoms with van der Waals surface area (Å²) < 4.78 is 24.2. The van der Waals surface area contributed by atoms with Crippen LogP contribution in [0.5, 0.6) is 0 Å². The number of hydrogen-bond acceptors (Lipinski definition) is 4. The Kier molecular flexibility index (Phi) is 3.56. The highest BCUT2D eigenvalue weighted by Crippen LogP contribution is 2.41. The van der Waals surface area contributed by atoms with E-state index in [0.29, 0.717) is 6.41 Å². The van der Waals surface area contributed by atoms with Crippen LogP contribution in [0.1, 0.15) is 18.9 Å². The molecule has 1 N–H and O–H groups in total. The summed E-state index contributed by atoms with van der Waals surface area (Å²) >= 11 is 0. The van der Waals surface area contributed by atoms with Gasteiger partial charge in [0.1, 0.15) is 0 Å². The first-order valence-corrected chi connectivity index (χ1v) is 7.83. The number of sulfone groups is 1. The van der Waals surface area contributed by atoms with Crippen molar-refractivity contribution in [1.29, 1.82) is 0 Å². The van der Waals surface area contributed by atoms with Gasteiger partial charge < -0.3 is 10.0 Å². The normalized spacial score (nSPS) is 23.6. The van der Waals surface area contributed by atoms with E-state index in [9.17, 15) is 23.1 Å². The van der Waals surface area contributed by atoms with Gasteiger partial charge in [0.15, 0.2) is 15.4 Å². The minimum Gasteiger partial charge on any atom is -0.479 e. The smallest absolute Gasteiger partial charge is 0.334 e. The average Bonchev–Trinajstić information content (AvgIpc) is 2.42. The van der Waals surface area contributed by atoms with E-state index < -0.39 is 21.3 Å². The minimum absolute atomic E-state index is 0.00560. The van der Waals surface area contributed by atoms with Crippen LogP contribution < -0.4 is 0 Å². The summed E-state index contributed by atoms with van der Waals surface area (Å²) in [5.41, 5.74) is -1.45. The van der Waals surface area contributed by atoms with E-state index in [-0.39, 0.29) is 29.2 Å². The first kappa shape index (κ1) is 14.5. The van der Waals surface area contributed by atoms with Crippen molar-refractivity contribution in [2.24, 2.45) is 0 Å². The molecule has 1 aliphatic rings. The van der Waals surface area contributed by atoms with Crippen molar-refractivity contribution in [2.75, 3.05) is 12.3 Å². The minimum atomic E-state index is -3.50. The van der Waals surface area contributed by atoms with Crippen molar-refractivity contribution < 1.29 is 23.1 Å². The maximum atomic E-state index is 12.1. The van der Waals surface area contributed by atoms with Crippen LogP contribution in [0.4, 0.5) is 0 Å². The zero-order valence-electron chi connectivity index (χ0n) is 10.9. The second-order valence-electron chi connectivity index (χ2n) is 4.62. The molecule has 0 radical (unpaired) electrons. The lowest BCUT2D eigenvalue weighted by Gasteiger charge is -2.41. The van der Waals surface area contributed by atoms with Crippen molar-refractivity contribution in [1.82, 2.24) is 4.90 Å². The first-order chi connectivity index (χ1) is 9.40. The molecule has 0 saturated heterocycles. The monoisotopic (exact) mass is 297 g/mol. The number of fused-ring (bicyclic) bond motifs is 1. The van der Waals surface area contributed by atoms with Crippen molar-refractivity contribution in [2.45, 2.75) is 23.8 Å². The van der Waals surface area contributed by atoms with Crippen LogP contribution in [0.2, 0.25) is 0 Å². The Labute approximate surface area is 116 Å². The number of amides is 1. The average molecular weight is 297 g/mol. The second-order valence-corrected chi connectivity index (χ2v) is 6.70. The van der Waals surface area contributed by atoms with Gasteiger partial charge in [-0.05, 0) is 13.0 Å². The Morgan fingerprint density at radius 3 is 2.65 bits per heavy atom. The van der Waals surface area contributed by atoms with E-state index in [2.05, 4.69) is 0 Å². The molecule has 2 rings (SSSR count). The molecule has 1 amide bonds. The lowest BCUT2D eigenvalue weighted by Crippen LogP contribution is -2.54. The van der Waals surface area contributed by atoms with Gasteiger partial charge in [0, 0.05) is 18.5 Å². The van der Waals surface area contributed by atoms with Crippen LogP contribution in [0.15, 0.2) is 29.2 Å². The van der Waals surface area contributed by atoms with Crippen molar-refractivity contribution >= 4 is 22.2 Å². The van der Waals surface area contributed by atoms with E-state index >= 15 is 0 Å². The van der Waals surface area contributed by atoms with Gasteiger partial charge in [-0.25, -0.2) is 13.2 Å². The molecule has 0 fully saturated rings. The third-order valence-corrected chi connectivity index (χ3v) is 5.48. The van der Waals surface area contributed by atoms with Crippen LogP contribution in [0.3, 0.4) is 0 Å². The van der Waals surface area contributed by atoms with Gasteiger partial charge in [-0.1, -0.05) is 18.2 Å². The summed E-state index contributed by atoms with van der Waals surface area (Å²) in [6.45, 7) is 1.84. The van der Waals surface area contributed by atoms with Crippen molar-refractivity contribution in [3.05, 3.63) is 29.8 Å². The number of aliphatic carboxylic acids is 1. The lowest BCUT2D eigenvalue weighted by molar-refractivity contribution is -0.156. The molecule has 1 unspecified atom stereocenters. The fourth-order valence-electron chi connectivity index (χ4n) is 2.68. The number of carbonyl (C=O) groups is 2. The summed E-state index contributed by atoms with van der Waals surface area (Å²) in [7, 11) is -3.50. The molecular formula is C13H15NO5S. The largest absolute Gasteiger partial charge is 0.479 e. The fourth-order valence-corrected chi connectivity index (χ4v) is 4.33. The first-order valence-electron chi connectivity index (χ1n) is 6.18. The van der Waals surface area contributed by atoms with Crippen molar-refractivity contribution in [3.63, 3.8) is 0 Å². The molecule has 108 valence electrons. The Bertz CT molecular complexity index is 654. The molecule has 0 aliphatic carbocycles. The molecule has 0 bridgehead atoms. The Balaban J connectivity index is 2.79. The highest BCUT2D eigenvalue weighted by Gasteiger charge is 2.51. The summed E-state index contributed by atoms with van der Waals surface area (Å²) in [6.07, 6.45) is 0.317. The number of carboxylic acids is 1. The Morgan fingerprint density at radius 2 is 2.10 bits per heavy atom. The van der Waals surface area contributed by atoms with Gasteiger partial charge in [-0.15, -0.1) is 0 Å². The maximum absolute atomic E-state index is 12.1. The highest BCUT2D eigenvalue weighted by molar-refractivity contribution is 7.91. The molecule has 0 saturated carbocycles. The summed E-state index contributed by atoms with van der Waals surface area (Å²) in [5.74, 6) is -1.51. The van der Waals surface area contributed by atoms with Gasteiger partial charge in [-0.2, -0.15) is 0 Å². The highest BCUT2D eigenvalue weighted by atomic mass is 32.2. The third kappa shape index (κ3) is 1.89. The molecule has 1 aromatic carbocycles. The predicted molar refractivity (Wildman–Crippen MR) is 70.9 cm³/mol. The number of nitrogens with zero attached hydrogens (tertiary/aromatic N) is 1. The van der Waals surface area contributed by atoms with Gasteiger partial charge in [0.25, 0.3) is 0 Å².